The van der Waals surface area contributed by atoms with E-state index in [9.17, 15) is 9.59 Å². The van der Waals surface area contributed by atoms with Gasteiger partial charge in [-0.15, -0.1) is 6.58 Å². The molecule has 1 amide bonds. The standard InChI is InChI=1S/C33H42N4O3/c1-6-23-35-33(29-17-11-9-10-12-18-29)30(19-13-14-20-32(39)40)36-28(5)21-22-31(38)34-24-26-37(8-3)25-15-16-27(4)7-2/h6-7,11,15-18,21-22,25H,1-2,5,8-9,13-14,19-20,23-24,26H2,3-4H3,(H,34,38)(H,39,40)/b22-21+,25-15+,27-16+,35-33-,36-30-. The first-order chi connectivity index (χ1) is 19.3. The van der Waals surface area contributed by atoms with Crippen molar-refractivity contribution in [2.75, 3.05) is 26.2 Å². The summed E-state index contributed by atoms with van der Waals surface area (Å²) < 4.78 is 0. The van der Waals surface area contributed by atoms with Gasteiger partial charge in [0.1, 0.15) is 0 Å². The van der Waals surface area contributed by atoms with Gasteiger partial charge in [0.25, 0.3) is 0 Å². The second-order valence-electron chi connectivity index (χ2n) is 8.87. The van der Waals surface area contributed by atoms with Crippen molar-refractivity contribution in [1.29, 1.82) is 0 Å². The Bertz CT molecular complexity index is 1180. The number of rotatable bonds is 19. The lowest BCUT2D eigenvalue weighted by Crippen LogP contribution is -2.31. The largest absolute Gasteiger partial charge is 0.481 e. The lowest BCUT2D eigenvalue weighted by Gasteiger charge is -2.17. The second kappa shape index (κ2) is 20.5. The van der Waals surface area contributed by atoms with Crippen LogP contribution in [0.1, 0.15) is 46.0 Å². The van der Waals surface area contributed by atoms with Gasteiger partial charge in [0, 0.05) is 44.1 Å². The maximum Gasteiger partial charge on any atom is 0.303 e. The average Bonchev–Trinajstić information content (AvgIpc) is 3.22. The number of unbranched alkanes of at least 4 members (excludes halogenated alkanes) is 1. The van der Waals surface area contributed by atoms with Crippen LogP contribution in [0.25, 0.3) is 0 Å². The molecule has 0 saturated heterocycles. The minimum absolute atomic E-state index is 0.0813. The number of nitrogens with zero attached hydrogens (tertiary/aromatic N) is 3. The highest BCUT2D eigenvalue weighted by molar-refractivity contribution is 6.49. The van der Waals surface area contributed by atoms with Crippen LogP contribution in [-0.2, 0) is 9.59 Å². The van der Waals surface area contributed by atoms with Crippen LogP contribution >= 0.6 is 0 Å². The van der Waals surface area contributed by atoms with E-state index in [-0.39, 0.29) is 12.3 Å². The first-order valence-electron chi connectivity index (χ1n) is 13.5. The van der Waals surface area contributed by atoms with Crippen molar-refractivity contribution in [2.24, 2.45) is 9.98 Å². The predicted octanol–water partition coefficient (Wildman–Crippen LogP) is 5.74. The number of hydrogen-bond donors (Lipinski definition) is 2. The van der Waals surface area contributed by atoms with Crippen LogP contribution in [-0.4, -0.2) is 59.5 Å². The zero-order chi connectivity index (χ0) is 29.6. The summed E-state index contributed by atoms with van der Waals surface area (Å²) in [5, 5.41) is 11.9. The maximum absolute atomic E-state index is 12.4. The SMILES string of the molecule is C=CC/N=C(C1=CC#CCC=C1)\C(CCCCC(=O)O)=N/C(=C)/C=C/C(=O)NCCN(/C=C/C=C(\C)C=C)CC. The third-order valence-electron chi connectivity index (χ3n) is 5.61. The van der Waals surface area contributed by atoms with Gasteiger partial charge < -0.3 is 15.3 Å². The normalized spacial score (nSPS) is 13.8. The molecule has 0 heterocycles. The minimum atomic E-state index is -0.834. The van der Waals surface area contributed by atoms with Gasteiger partial charge in [-0.2, -0.15) is 0 Å². The molecule has 1 aliphatic rings. The Kier molecular flexibility index (Phi) is 17.2. The summed E-state index contributed by atoms with van der Waals surface area (Å²) in [7, 11) is 0. The van der Waals surface area contributed by atoms with Gasteiger partial charge in [0.05, 0.1) is 23.7 Å². The quantitative estimate of drug-likeness (QED) is 0.0543. The fraction of sp³-hybridized carbons (Fsp3) is 0.333. The Labute approximate surface area is 239 Å². The first-order valence-corrected chi connectivity index (χ1v) is 13.5. The van der Waals surface area contributed by atoms with Crippen LogP contribution in [0.3, 0.4) is 0 Å². The van der Waals surface area contributed by atoms with Crippen molar-refractivity contribution in [3.63, 3.8) is 0 Å². The minimum Gasteiger partial charge on any atom is -0.481 e. The van der Waals surface area contributed by atoms with Crippen LogP contribution in [0.15, 0.2) is 107 Å². The number of carboxylic acids is 1. The number of nitrogens with one attached hydrogen (secondary N) is 1. The predicted molar refractivity (Wildman–Crippen MR) is 167 cm³/mol. The summed E-state index contributed by atoms with van der Waals surface area (Å²) in [5.41, 5.74) is 3.61. The molecule has 0 atom stereocenters. The van der Waals surface area contributed by atoms with Gasteiger partial charge in [-0.1, -0.05) is 61.0 Å². The van der Waals surface area contributed by atoms with Crippen molar-refractivity contribution in [2.45, 2.75) is 46.0 Å². The molecule has 2 N–H and O–H groups in total. The summed E-state index contributed by atoms with van der Waals surface area (Å²) in [6.45, 7) is 17.9. The van der Waals surface area contributed by atoms with Crippen LogP contribution in [0.2, 0.25) is 0 Å². The molecule has 0 saturated carbocycles. The number of hydrogen-bond acceptors (Lipinski definition) is 5. The van der Waals surface area contributed by atoms with E-state index in [4.69, 9.17) is 10.1 Å². The van der Waals surface area contributed by atoms with E-state index in [1.54, 1.807) is 24.3 Å². The summed E-state index contributed by atoms with van der Waals surface area (Å²) in [4.78, 5) is 34.8. The number of amides is 1. The molecular formula is C33H42N4O3. The molecule has 0 bridgehead atoms. The van der Waals surface area contributed by atoms with Gasteiger partial charge in [-0.3, -0.25) is 19.6 Å². The van der Waals surface area contributed by atoms with E-state index in [1.165, 1.54) is 6.08 Å². The van der Waals surface area contributed by atoms with E-state index in [1.807, 2.05) is 37.4 Å². The van der Waals surface area contributed by atoms with Gasteiger partial charge >= 0.3 is 5.97 Å². The number of carbonyl (C=O) groups is 2. The molecule has 0 fully saturated rings. The molecule has 7 nitrogen and oxygen atoms in total. The van der Waals surface area contributed by atoms with Crippen LogP contribution in [0.4, 0.5) is 0 Å². The molecule has 212 valence electrons. The van der Waals surface area contributed by atoms with Crippen molar-refractivity contribution in [1.82, 2.24) is 10.2 Å². The van der Waals surface area contributed by atoms with Crippen molar-refractivity contribution in [3.05, 3.63) is 97.5 Å². The molecule has 0 aromatic heterocycles. The zero-order valence-corrected chi connectivity index (χ0v) is 23.9. The Morgan fingerprint density at radius 3 is 2.70 bits per heavy atom. The first kappa shape index (κ1) is 33.6. The molecule has 1 aliphatic carbocycles. The van der Waals surface area contributed by atoms with E-state index in [2.05, 4.69) is 53.7 Å². The maximum atomic E-state index is 12.4. The molecule has 1 rings (SSSR count). The molecule has 0 radical (unpaired) electrons. The Hall–Kier alpha value is -4.44. The molecule has 0 unspecified atom stereocenters. The third-order valence-corrected chi connectivity index (χ3v) is 5.61. The monoisotopic (exact) mass is 542 g/mol. The number of aliphatic carboxylic acids is 1. The van der Waals surface area contributed by atoms with E-state index < -0.39 is 5.97 Å². The van der Waals surface area contributed by atoms with Crippen LogP contribution in [0.5, 0.6) is 0 Å². The number of carboxylic acid groups (broad SMARTS) is 1. The fourth-order valence-corrected chi connectivity index (χ4v) is 3.42. The highest BCUT2D eigenvalue weighted by atomic mass is 16.4. The van der Waals surface area contributed by atoms with Gasteiger partial charge in [-0.05, 0) is 57.5 Å². The topological polar surface area (TPSA) is 94.4 Å². The third kappa shape index (κ3) is 15.1. The molecule has 0 aliphatic heterocycles. The Morgan fingerprint density at radius 2 is 2.00 bits per heavy atom. The van der Waals surface area contributed by atoms with Crippen LogP contribution < -0.4 is 5.32 Å². The summed E-state index contributed by atoms with van der Waals surface area (Å²) in [5.74, 6) is 4.97. The summed E-state index contributed by atoms with van der Waals surface area (Å²) in [6, 6.07) is 0. The highest BCUT2D eigenvalue weighted by Crippen LogP contribution is 2.14. The molecule has 0 aromatic rings. The number of likely N-dealkylation sites (N-methyl/N-ethyl adjacent to an activating group) is 1. The lowest BCUT2D eigenvalue weighted by atomic mass is 9.99. The van der Waals surface area contributed by atoms with Crippen LogP contribution in [0, 0.1) is 11.8 Å². The van der Waals surface area contributed by atoms with Crippen molar-refractivity contribution >= 4 is 23.3 Å². The number of aliphatic imine (C=N–C) groups is 2. The molecular weight excluding hydrogens is 500 g/mol. The summed E-state index contributed by atoms with van der Waals surface area (Å²) >= 11 is 0. The van der Waals surface area contributed by atoms with E-state index in [0.717, 1.165) is 17.7 Å². The zero-order valence-electron chi connectivity index (χ0n) is 23.9. The fourth-order valence-electron chi connectivity index (χ4n) is 3.42. The molecule has 7 heteroatoms. The smallest absolute Gasteiger partial charge is 0.303 e. The number of allylic oxidation sites excluding steroid dienone is 9. The molecule has 0 spiro atoms. The molecule has 40 heavy (non-hydrogen) atoms. The average molecular weight is 543 g/mol. The van der Waals surface area contributed by atoms with Gasteiger partial charge in [0.2, 0.25) is 5.91 Å². The number of carbonyl (C=O) groups excluding carboxylic acids is 1. The second-order valence-corrected chi connectivity index (χ2v) is 8.87. The van der Waals surface area contributed by atoms with Gasteiger partial charge in [-0.25, -0.2) is 0 Å². The lowest BCUT2D eigenvalue weighted by molar-refractivity contribution is -0.137. The Balaban J connectivity index is 2.95. The summed E-state index contributed by atoms with van der Waals surface area (Å²) in [6.07, 6.45) is 20.5. The van der Waals surface area contributed by atoms with E-state index >= 15 is 0 Å². The van der Waals surface area contributed by atoms with E-state index in [0.29, 0.717) is 62.4 Å². The highest BCUT2D eigenvalue weighted by Gasteiger charge is 2.14. The Morgan fingerprint density at radius 1 is 1.23 bits per heavy atom. The van der Waals surface area contributed by atoms with Crippen molar-refractivity contribution in [3.8, 4) is 11.8 Å². The van der Waals surface area contributed by atoms with Crippen molar-refractivity contribution < 1.29 is 14.7 Å². The van der Waals surface area contributed by atoms with Gasteiger partial charge in [0.15, 0.2) is 0 Å². The molecule has 0 aromatic carbocycles.